The molecule has 1 amide bonds. The normalized spacial score (nSPS) is 25.1. The topological polar surface area (TPSA) is 55.6 Å². The van der Waals surface area contributed by atoms with E-state index in [4.69, 9.17) is 10.5 Å². The molecule has 1 aliphatic heterocycles. The maximum absolute atomic E-state index is 12.3. The van der Waals surface area contributed by atoms with Crippen molar-refractivity contribution in [3.8, 4) is 0 Å². The molecule has 1 saturated heterocycles. The van der Waals surface area contributed by atoms with E-state index < -0.39 is 5.60 Å². The predicted molar refractivity (Wildman–Crippen MR) is 117 cm³/mol. The first-order valence-corrected chi connectivity index (χ1v) is 10.9. The van der Waals surface area contributed by atoms with Gasteiger partial charge in [0.15, 0.2) is 0 Å². The number of amides is 1. The van der Waals surface area contributed by atoms with E-state index in [0.29, 0.717) is 12.5 Å². The van der Waals surface area contributed by atoms with Crippen LogP contribution in [0.25, 0.3) is 0 Å². The molecule has 0 bridgehead atoms. The Morgan fingerprint density at radius 3 is 2.29 bits per heavy atom. The van der Waals surface area contributed by atoms with E-state index in [-0.39, 0.29) is 16.9 Å². The van der Waals surface area contributed by atoms with E-state index in [2.05, 4.69) is 39.8 Å². The molecule has 4 heteroatoms. The molecule has 2 rings (SSSR count). The highest BCUT2D eigenvalue weighted by atomic mass is 16.6. The molecule has 28 heavy (non-hydrogen) atoms. The highest BCUT2D eigenvalue weighted by Crippen LogP contribution is 2.42. The third-order valence-electron chi connectivity index (χ3n) is 6.33. The number of piperidine rings is 1. The molecule has 0 aromatic heterocycles. The quantitative estimate of drug-likeness (QED) is 0.631. The van der Waals surface area contributed by atoms with Gasteiger partial charge in [0.25, 0.3) is 0 Å². The van der Waals surface area contributed by atoms with Gasteiger partial charge in [-0.15, -0.1) is 0 Å². The largest absolute Gasteiger partial charge is 0.444 e. The van der Waals surface area contributed by atoms with Gasteiger partial charge in [-0.1, -0.05) is 51.0 Å². The molecular formula is C24H42N2O2. The smallest absolute Gasteiger partial charge is 0.410 e. The van der Waals surface area contributed by atoms with Gasteiger partial charge in [-0.2, -0.15) is 0 Å². The molecule has 2 aliphatic rings. The molecule has 2 N–H and O–H groups in total. The number of ether oxygens (including phenoxy) is 1. The summed E-state index contributed by atoms with van der Waals surface area (Å²) in [5.41, 5.74) is 9.10. The van der Waals surface area contributed by atoms with Gasteiger partial charge in [-0.05, 0) is 64.2 Å². The Balaban J connectivity index is 1.99. The minimum absolute atomic E-state index is 0.0509. The summed E-state index contributed by atoms with van der Waals surface area (Å²) in [6, 6.07) is 0. The maximum Gasteiger partial charge on any atom is 0.410 e. The lowest BCUT2D eigenvalue weighted by Gasteiger charge is -2.36. The zero-order valence-electron chi connectivity index (χ0n) is 19.2. The van der Waals surface area contributed by atoms with E-state index in [1.165, 1.54) is 11.1 Å². The molecule has 1 fully saturated rings. The molecule has 0 saturated carbocycles. The number of hydrogen-bond acceptors (Lipinski definition) is 3. The number of carbonyl (C=O) groups excluding carboxylic acids is 1. The number of hydrogen-bond donors (Lipinski definition) is 1. The number of carbonyl (C=O) groups is 1. The number of likely N-dealkylation sites (tertiary alicyclic amines) is 1. The molecule has 0 aromatic carbocycles. The number of nitrogens with two attached hydrogens (primary N) is 1. The van der Waals surface area contributed by atoms with Crippen LogP contribution in [0.2, 0.25) is 0 Å². The van der Waals surface area contributed by atoms with Gasteiger partial charge in [0.05, 0.1) is 0 Å². The molecule has 0 aromatic rings. The minimum Gasteiger partial charge on any atom is -0.444 e. The highest BCUT2D eigenvalue weighted by molar-refractivity contribution is 5.68. The van der Waals surface area contributed by atoms with Gasteiger partial charge in [-0.25, -0.2) is 4.79 Å². The van der Waals surface area contributed by atoms with Crippen LogP contribution >= 0.6 is 0 Å². The van der Waals surface area contributed by atoms with Crippen LogP contribution in [-0.4, -0.2) is 36.2 Å². The van der Waals surface area contributed by atoms with Gasteiger partial charge in [0.2, 0.25) is 0 Å². The summed E-state index contributed by atoms with van der Waals surface area (Å²) in [5, 5.41) is 0. The third-order valence-corrected chi connectivity index (χ3v) is 6.33. The second kappa shape index (κ2) is 8.61. The molecule has 0 spiro atoms. The summed E-state index contributed by atoms with van der Waals surface area (Å²) in [6.07, 6.45) is 9.95. The van der Waals surface area contributed by atoms with Crippen LogP contribution in [0, 0.1) is 16.7 Å². The summed E-state index contributed by atoms with van der Waals surface area (Å²) in [6.45, 7) is 17.2. The Labute approximate surface area is 172 Å². The van der Waals surface area contributed by atoms with Gasteiger partial charge in [0.1, 0.15) is 5.60 Å². The van der Waals surface area contributed by atoms with Gasteiger partial charge in [-0.3, -0.25) is 0 Å². The standard InChI is InChI=1S/C24H42N2O2/c1-22(2,3)19-8-9-20(24(7,17-25)13-10-19)16-18-11-14-26(15-12-18)21(27)28-23(4,5)6/h9-10,18H,8,11-17,25H2,1-7H3. The number of allylic oxidation sites excluding steroid dienone is 3. The van der Waals surface area contributed by atoms with Crippen molar-refractivity contribution in [1.29, 1.82) is 0 Å². The van der Waals surface area contributed by atoms with Gasteiger partial charge < -0.3 is 15.4 Å². The second-order valence-corrected chi connectivity index (χ2v) is 11.0. The van der Waals surface area contributed by atoms with Crippen LogP contribution in [0.1, 0.15) is 80.6 Å². The van der Waals surface area contributed by atoms with Crippen molar-refractivity contribution in [3.05, 3.63) is 23.3 Å². The summed E-state index contributed by atoms with van der Waals surface area (Å²) in [5.74, 6) is 0.618. The lowest BCUT2D eigenvalue weighted by atomic mass is 9.74. The predicted octanol–water partition coefficient (Wildman–Crippen LogP) is 5.68. The third kappa shape index (κ3) is 6.10. The van der Waals surface area contributed by atoms with Crippen molar-refractivity contribution >= 4 is 6.09 Å². The van der Waals surface area contributed by atoms with Crippen LogP contribution in [0.5, 0.6) is 0 Å². The maximum atomic E-state index is 12.3. The van der Waals surface area contributed by atoms with E-state index >= 15 is 0 Å². The van der Waals surface area contributed by atoms with Crippen LogP contribution in [-0.2, 0) is 4.74 Å². The fourth-order valence-corrected chi connectivity index (χ4v) is 4.16. The fourth-order valence-electron chi connectivity index (χ4n) is 4.16. The van der Waals surface area contributed by atoms with Crippen molar-refractivity contribution in [2.45, 2.75) is 86.2 Å². The second-order valence-electron chi connectivity index (χ2n) is 11.0. The average molecular weight is 391 g/mol. The van der Waals surface area contributed by atoms with Crippen molar-refractivity contribution in [1.82, 2.24) is 4.90 Å². The highest BCUT2D eigenvalue weighted by Gasteiger charge is 2.33. The first-order chi connectivity index (χ1) is 12.8. The van der Waals surface area contributed by atoms with E-state index in [9.17, 15) is 4.79 Å². The van der Waals surface area contributed by atoms with Crippen LogP contribution in [0.3, 0.4) is 0 Å². The Kier molecular flexibility index (Phi) is 7.07. The van der Waals surface area contributed by atoms with E-state index in [1.54, 1.807) is 0 Å². The molecule has 1 aliphatic carbocycles. The monoisotopic (exact) mass is 390 g/mol. The summed E-state index contributed by atoms with van der Waals surface area (Å²) >= 11 is 0. The SMILES string of the molecule is CC(C)(C)OC(=O)N1CCC(CC2=CCC(C(C)(C)C)=CCC2(C)CN)CC1. The average Bonchev–Trinajstić information content (AvgIpc) is 2.74. The number of nitrogens with zero attached hydrogens (tertiary/aromatic N) is 1. The first kappa shape index (κ1) is 23.0. The van der Waals surface area contributed by atoms with Crippen LogP contribution in [0.15, 0.2) is 23.3 Å². The minimum atomic E-state index is -0.431. The molecule has 0 radical (unpaired) electrons. The van der Waals surface area contributed by atoms with Crippen LogP contribution in [0.4, 0.5) is 4.79 Å². The van der Waals surface area contributed by atoms with Crippen molar-refractivity contribution in [3.63, 3.8) is 0 Å². The van der Waals surface area contributed by atoms with Gasteiger partial charge in [0, 0.05) is 25.0 Å². The molecule has 1 heterocycles. The van der Waals surface area contributed by atoms with E-state index in [0.717, 1.165) is 45.2 Å². The Bertz CT molecular complexity index is 613. The molecule has 1 atom stereocenters. The van der Waals surface area contributed by atoms with Crippen molar-refractivity contribution in [2.75, 3.05) is 19.6 Å². The van der Waals surface area contributed by atoms with Crippen molar-refractivity contribution < 1.29 is 9.53 Å². The first-order valence-electron chi connectivity index (χ1n) is 10.9. The van der Waals surface area contributed by atoms with E-state index in [1.807, 2.05) is 25.7 Å². The van der Waals surface area contributed by atoms with Crippen LogP contribution < -0.4 is 5.73 Å². The molecule has 160 valence electrons. The molecule has 4 nitrogen and oxygen atoms in total. The summed E-state index contributed by atoms with van der Waals surface area (Å²) in [4.78, 5) is 14.2. The van der Waals surface area contributed by atoms with Gasteiger partial charge >= 0.3 is 6.09 Å². The lowest BCUT2D eigenvalue weighted by molar-refractivity contribution is 0.0182. The summed E-state index contributed by atoms with van der Waals surface area (Å²) in [7, 11) is 0. The molecular weight excluding hydrogens is 348 g/mol. The zero-order valence-corrected chi connectivity index (χ0v) is 19.2. The fraction of sp³-hybridized carbons (Fsp3) is 0.792. The molecule has 1 unspecified atom stereocenters. The Hall–Kier alpha value is -1.29. The Morgan fingerprint density at radius 2 is 1.79 bits per heavy atom. The lowest BCUT2D eigenvalue weighted by Crippen LogP contribution is -2.42. The van der Waals surface area contributed by atoms with Crippen molar-refractivity contribution in [2.24, 2.45) is 22.5 Å². The zero-order chi connectivity index (χ0) is 21.2. The summed E-state index contributed by atoms with van der Waals surface area (Å²) < 4.78 is 5.53. The Morgan fingerprint density at radius 1 is 1.18 bits per heavy atom. The number of rotatable bonds is 3.